The molecule has 5 rings (SSSR count). The van der Waals surface area contributed by atoms with E-state index in [1.807, 2.05) is 55.0 Å². The fourth-order valence-electron chi connectivity index (χ4n) is 3.50. The van der Waals surface area contributed by atoms with Gasteiger partial charge in [0.1, 0.15) is 0 Å². The molecule has 3 heterocycles. The predicted molar refractivity (Wildman–Crippen MR) is 100 cm³/mol. The molecule has 0 amide bonds. The van der Waals surface area contributed by atoms with Gasteiger partial charge >= 0.3 is 0 Å². The standard InChI is InChI=1S/C21H15N3O/c25-12-13-4-5-19-18(10-13)17-7-9-23-20(21(17)24-19)16-3-1-2-14-11-22-8-6-15(14)16/h1-11,24-25H,12H2. The summed E-state index contributed by atoms with van der Waals surface area (Å²) in [5.74, 6) is 0. The first kappa shape index (κ1) is 14.1. The molecule has 4 heteroatoms. The van der Waals surface area contributed by atoms with Gasteiger partial charge in [0.2, 0.25) is 0 Å². The fraction of sp³-hybridized carbons (Fsp3) is 0.0476. The number of H-pyrrole nitrogens is 1. The Morgan fingerprint density at radius 2 is 1.84 bits per heavy atom. The zero-order valence-electron chi connectivity index (χ0n) is 13.4. The molecule has 0 spiro atoms. The van der Waals surface area contributed by atoms with E-state index in [1.165, 1.54) is 0 Å². The molecular weight excluding hydrogens is 310 g/mol. The minimum atomic E-state index is 0.0386. The molecule has 0 bridgehead atoms. The van der Waals surface area contributed by atoms with Crippen molar-refractivity contribution in [2.45, 2.75) is 6.61 Å². The number of nitrogens with zero attached hydrogens (tertiary/aromatic N) is 2. The third-order valence-electron chi connectivity index (χ3n) is 4.70. The van der Waals surface area contributed by atoms with Crippen LogP contribution in [0.1, 0.15) is 5.56 Å². The maximum atomic E-state index is 9.43. The molecule has 120 valence electrons. The van der Waals surface area contributed by atoms with Crippen LogP contribution in [-0.4, -0.2) is 20.1 Å². The SMILES string of the molecule is OCc1ccc2[nH]c3c(-c4cccc5cnccc45)nccc3c2c1. The summed E-state index contributed by atoms with van der Waals surface area (Å²) < 4.78 is 0. The largest absolute Gasteiger partial charge is 0.392 e. The first-order valence-electron chi connectivity index (χ1n) is 8.18. The van der Waals surface area contributed by atoms with Crippen LogP contribution >= 0.6 is 0 Å². The molecule has 0 saturated carbocycles. The minimum Gasteiger partial charge on any atom is -0.392 e. The van der Waals surface area contributed by atoms with E-state index in [2.05, 4.69) is 27.1 Å². The van der Waals surface area contributed by atoms with Crippen molar-refractivity contribution in [3.8, 4) is 11.3 Å². The number of aromatic amines is 1. The second-order valence-electron chi connectivity index (χ2n) is 6.15. The molecule has 0 atom stereocenters. The number of nitrogens with one attached hydrogen (secondary N) is 1. The van der Waals surface area contributed by atoms with Crippen LogP contribution in [0.3, 0.4) is 0 Å². The maximum absolute atomic E-state index is 9.43. The van der Waals surface area contributed by atoms with E-state index in [0.717, 1.165) is 49.4 Å². The average Bonchev–Trinajstić information content (AvgIpc) is 3.05. The van der Waals surface area contributed by atoms with Gasteiger partial charge in [-0.25, -0.2) is 0 Å². The highest BCUT2D eigenvalue weighted by Crippen LogP contribution is 2.34. The second-order valence-corrected chi connectivity index (χ2v) is 6.15. The third kappa shape index (κ3) is 2.12. The lowest BCUT2D eigenvalue weighted by molar-refractivity contribution is 0.282. The highest BCUT2D eigenvalue weighted by molar-refractivity contribution is 6.13. The number of fused-ring (bicyclic) bond motifs is 4. The quantitative estimate of drug-likeness (QED) is 0.505. The van der Waals surface area contributed by atoms with Crippen molar-refractivity contribution in [1.29, 1.82) is 0 Å². The highest BCUT2D eigenvalue weighted by atomic mass is 16.3. The van der Waals surface area contributed by atoms with Crippen LogP contribution in [0.15, 0.2) is 67.1 Å². The molecule has 0 unspecified atom stereocenters. The van der Waals surface area contributed by atoms with Gasteiger partial charge in [0.15, 0.2) is 0 Å². The molecule has 0 aliphatic rings. The molecule has 0 fully saturated rings. The number of aromatic nitrogens is 3. The number of hydrogen-bond donors (Lipinski definition) is 2. The van der Waals surface area contributed by atoms with Crippen molar-refractivity contribution in [1.82, 2.24) is 15.0 Å². The molecule has 0 saturated heterocycles. The summed E-state index contributed by atoms with van der Waals surface area (Å²) in [6.07, 6.45) is 5.53. The van der Waals surface area contributed by atoms with Crippen LogP contribution in [0.5, 0.6) is 0 Å². The first-order chi connectivity index (χ1) is 12.3. The number of aliphatic hydroxyl groups excluding tert-OH is 1. The van der Waals surface area contributed by atoms with Crippen molar-refractivity contribution in [2.24, 2.45) is 0 Å². The summed E-state index contributed by atoms with van der Waals surface area (Å²) >= 11 is 0. The van der Waals surface area contributed by atoms with Gasteiger partial charge in [0, 0.05) is 45.8 Å². The molecule has 5 aromatic rings. The molecule has 0 aliphatic heterocycles. The van der Waals surface area contributed by atoms with Gasteiger partial charge in [-0.3, -0.25) is 9.97 Å². The number of aliphatic hydroxyl groups is 1. The van der Waals surface area contributed by atoms with E-state index in [9.17, 15) is 5.11 Å². The van der Waals surface area contributed by atoms with Crippen molar-refractivity contribution in [2.75, 3.05) is 0 Å². The van der Waals surface area contributed by atoms with Crippen LogP contribution < -0.4 is 0 Å². The lowest BCUT2D eigenvalue weighted by Crippen LogP contribution is -1.87. The van der Waals surface area contributed by atoms with Crippen molar-refractivity contribution in [3.05, 3.63) is 72.7 Å². The van der Waals surface area contributed by atoms with Crippen LogP contribution in [-0.2, 0) is 6.61 Å². The van der Waals surface area contributed by atoms with Crippen LogP contribution in [0, 0.1) is 0 Å². The van der Waals surface area contributed by atoms with Crippen molar-refractivity contribution in [3.63, 3.8) is 0 Å². The second kappa shape index (κ2) is 5.40. The van der Waals surface area contributed by atoms with E-state index >= 15 is 0 Å². The van der Waals surface area contributed by atoms with Crippen molar-refractivity contribution >= 4 is 32.6 Å². The molecule has 0 aliphatic carbocycles. The molecule has 4 nitrogen and oxygen atoms in total. The van der Waals surface area contributed by atoms with E-state index in [1.54, 1.807) is 0 Å². The summed E-state index contributed by atoms with van der Waals surface area (Å²) in [6.45, 7) is 0.0386. The van der Waals surface area contributed by atoms with Gasteiger partial charge in [0.05, 0.1) is 17.8 Å². The molecule has 0 radical (unpaired) electrons. The Hall–Kier alpha value is -3.24. The average molecular weight is 325 g/mol. The zero-order valence-corrected chi connectivity index (χ0v) is 13.4. The predicted octanol–water partition coefficient (Wildman–Crippen LogP) is 4.42. The Balaban J connectivity index is 1.87. The Morgan fingerprint density at radius 1 is 0.920 bits per heavy atom. The molecule has 3 aromatic heterocycles. The fourth-order valence-corrected chi connectivity index (χ4v) is 3.50. The summed E-state index contributed by atoms with van der Waals surface area (Å²) in [4.78, 5) is 12.4. The Bertz CT molecular complexity index is 1230. The number of rotatable bonds is 2. The molecule has 25 heavy (non-hydrogen) atoms. The van der Waals surface area contributed by atoms with Gasteiger partial charge in [0.25, 0.3) is 0 Å². The summed E-state index contributed by atoms with van der Waals surface area (Å²) in [7, 11) is 0. The Labute approximate surface area is 143 Å². The van der Waals surface area contributed by atoms with Gasteiger partial charge in [-0.15, -0.1) is 0 Å². The molecule has 2 N–H and O–H groups in total. The van der Waals surface area contributed by atoms with Crippen LogP contribution in [0.2, 0.25) is 0 Å². The van der Waals surface area contributed by atoms with Gasteiger partial charge in [-0.2, -0.15) is 0 Å². The lowest BCUT2D eigenvalue weighted by atomic mass is 10.0. The van der Waals surface area contributed by atoms with E-state index < -0.39 is 0 Å². The number of benzene rings is 2. The summed E-state index contributed by atoms with van der Waals surface area (Å²) in [6, 6.07) is 16.2. The Kier molecular flexibility index (Phi) is 3.05. The van der Waals surface area contributed by atoms with Crippen LogP contribution in [0.25, 0.3) is 43.8 Å². The van der Waals surface area contributed by atoms with E-state index in [0.29, 0.717) is 0 Å². The molecular formula is C21H15N3O. The smallest absolute Gasteiger partial charge is 0.0949 e. The van der Waals surface area contributed by atoms with Crippen LogP contribution in [0.4, 0.5) is 0 Å². The van der Waals surface area contributed by atoms with Gasteiger partial charge < -0.3 is 10.1 Å². The summed E-state index contributed by atoms with van der Waals surface area (Å²) in [5, 5.41) is 13.9. The van der Waals surface area contributed by atoms with Crippen molar-refractivity contribution < 1.29 is 5.11 Å². The van der Waals surface area contributed by atoms with Gasteiger partial charge in [-0.05, 0) is 35.2 Å². The third-order valence-corrected chi connectivity index (χ3v) is 4.70. The van der Waals surface area contributed by atoms with E-state index in [4.69, 9.17) is 0 Å². The first-order valence-corrected chi connectivity index (χ1v) is 8.18. The van der Waals surface area contributed by atoms with E-state index in [-0.39, 0.29) is 6.61 Å². The normalized spacial score (nSPS) is 11.6. The highest BCUT2D eigenvalue weighted by Gasteiger charge is 2.13. The maximum Gasteiger partial charge on any atom is 0.0949 e. The lowest BCUT2D eigenvalue weighted by Gasteiger charge is -2.07. The summed E-state index contributed by atoms with van der Waals surface area (Å²) in [5.41, 5.74) is 4.97. The molecule has 2 aromatic carbocycles. The number of hydrogen-bond acceptors (Lipinski definition) is 3. The number of pyridine rings is 2. The topological polar surface area (TPSA) is 61.8 Å². The monoisotopic (exact) mass is 325 g/mol. The minimum absolute atomic E-state index is 0.0386. The van der Waals surface area contributed by atoms with Gasteiger partial charge in [-0.1, -0.05) is 24.3 Å². The Morgan fingerprint density at radius 3 is 2.76 bits per heavy atom. The zero-order chi connectivity index (χ0) is 16.8.